The van der Waals surface area contributed by atoms with Gasteiger partial charge in [0.1, 0.15) is 5.75 Å². The zero-order valence-corrected chi connectivity index (χ0v) is 17.0. The number of ether oxygens (including phenoxy) is 1. The number of carbonyl (C=O) groups excluding carboxylic acids is 1. The van der Waals surface area contributed by atoms with Gasteiger partial charge in [0.2, 0.25) is 5.95 Å². The van der Waals surface area contributed by atoms with Crippen molar-refractivity contribution >= 4 is 29.1 Å². The molecule has 148 valence electrons. The van der Waals surface area contributed by atoms with Crippen molar-refractivity contribution in [2.45, 2.75) is 26.3 Å². The lowest BCUT2D eigenvalue weighted by Gasteiger charge is -2.27. The SMILES string of the molecule is Cc1cc(C)nc(Nc2ccc(C(=O)NC3CCOc4ccc(Cl)cc43)cc2)n1. The standard InChI is InChI=1S/C22H21ClN4O2/c1-13-11-14(2)25-22(24-13)26-17-6-3-15(4-7-17)21(28)27-19-9-10-29-20-8-5-16(23)12-18(19)20/h3-8,11-12,19H,9-10H2,1-2H3,(H,27,28)(H,24,25,26). The lowest BCUT2D eigenvalue weighted by molar-refractivity contribution is 0.0925. The number of carbonyl (C=O) groups is 1. The largest absolute Gasteiger partial charge is 0.493 e. The fraction of sp³-hybridized carbons (Fsp3) is 0.227. The zero-order chi connectivity index (χ0) is 20.4. The van der Waals surface area contributed by atoms with Gasteiger partial charge in [-0.15, -0.1) is 0 Å². The van der Waals surface area contributed by atoms with Crippen LogP contribution in [0.3, 0.4) is 0 Å². The van der Waals surface area contributed by atoms with Crippen LogP contribution in [0.15, 0.2) is 48.5 Å². The first kappa shape index (κ1) is 19.2. The Morgan fingerprint density at radius 1 is 1.07 bits per heavy atom. The van der Waals surface area contributed by atoms with E-state index in [0.717, 1.165) is 28.4 Å². The summed E-state index contributed by atoms with van der Waals surface area (Å²) in [4.78, 5) is 21.5. The first-order chi connectivity index (χ1) is 14.0. The van der Waals surface area contributed by atoms with E-state index in [2.05, 4.69) is 20.6 Å². The second kappa shape index (κ2) is 8.09. The third-order valence-corrected chi connectivity index (χ3v) is 4.94. The van der Waals surface area contributed by atoms with E-state index in [-0.39, 0.29) is 11.9 Å². The number of aromatic nitrogens is 2. The van der Waals surface area contributed by atoms with E-state index in [9.17, 15) is 4.79 Å². The van der Waals surface area contributed by atoms with E-state index in [4.69, 9.17) is 16.3 Å². The Bertz CT molecular complexity index is 1030. The molecule has 1 amide bonds. The van der Waals surface area contributed by atoms with Crippen molar-refractivity contribution in [2.75, 3.05) is 11.9 Å². The molecule has 6 nitrogen and oxygen atoms in total. The molecule has 0 saturated heterocycles. The second-order valence-corrected chi connectivity index (χ2v) is 7.46. The summed E-state index contributed by atoms with van der Waals surface area (Å²) in [6, 6.07) is 14.5. The number of halogens is 1. The molecule has 7 heteroatoms. The highest BCUT2D eigenvalue weighted by Gasteiger charge is 2.23. The number of nitrogens with zero attached hydrogens (tertiary/aromatic N) is 2. The first-order valence-corrected chi connectivity index (χ1v) is 9.78. The molecular formula is C22H21ClN4O2. The fourth-order valence-corrected chi connectivity index (χ4v) is 3.55. The van der Waals surface area contributed by atoms with Gasteiger partial charge in [0, 0.05) is 39.6 Å². The number of rotatable bonds is 4. The van der Waals surface area contributed by atoms with Crippen molar-refractivity contribution in [3.05, 3.63) is 76.1 Å². The molecule has 0 saturated carbocycles. The summed E-state index contributed by atoms with van der Waals surface area (Å²) in [5.41, 5.74) is 4.09. The van der Waals surface area contributed by atoms with Crippen LogP contribution < -0.4 is 15.4 Å². The van der Waals surface area contributed by atoms with Crippen LogP contribution >= 0.6 is 11.6 Å². The van der Waals surface area contributed by atoms with Gasteiger partial charge >= 0.3 is 0 Å². The number of hydrogen-bond acceptors (Lipinski definition) is 5. The number of amides is 1. The van der Waals surface area contributed by atoms with Crippen LogP contribution in [-0.4, -0.2) is 22.5 Å². The maximum atomic E-state index is 12.7. The normalized spacial score (nSPS) is 15.2. The van der Waals surface area contributed by atoms with Gasteiger partial charge in [-0.05, 0) is 62.4 Å². The minimum atomic E-state index is -0.142. The second-order valence-electron chi connectivity index (χ2n) is 7.02. The van der Waals surface area contributed by atoms with Gasteiger partial charge < -0.3 is 15.4 Å². The molecule has 1 aliphatic heterocycles. The number of anilines is 2. The molecule has 4 rings (SSSR count). The molecule has 3 aromatic rings. The number of fused-ring (bicyclic) bond motifs is 1. The van der Waals surface area contributed by atoms with E-state index in [1.807, 2.05) is 44.2 Å². The fourth-order valence-electron chi connectivity index (χ4n) is 3.37. The number of hydrogen-bond donors (Lipinski definition) is 2. The van der Waals surface area contributed by atoms with Crippen molar-refractivity contribution in [1.29, 1.82) is 0 Å². The van der Waals surface area contributed by atoms with Crippen LogP contribution in [0.1, 0.15) is 39.8 Å². The van der Waals surface area contributed by atoms with E-state index in [1.165, 1.54) is 0 Å². The van der Waals surface area contributed by atoms with Gasteiger partial charge in [0.05, 0.1) is 12.6 Å². The average Bonchev–Trinajstić information content (AvgIpc) is 2.68. The summed E-state index contributed by atoms with van der Waals surface area (Å²) in [6.45, 7) is 4.40. The lowest BCUT2D eigenvalue weighted by atomic mass is 10.00. The predicted octanol–water partition coefficient (Wildman–Crippen LogP) is 4.74. The molecule has 0 spiro atoms. The lowest BCUT2D eigenvalue weighted by Crippen LogP contribution is -2.32. The quantitative estimate of drug-likeness (QED) is 0.651. The highest BCUT2D eigenvalue weighted by molar-refractivity contribution is 6.30. The Morgan fingerprint density at radius 3 is 2.52 bits per heavy atom. The Labute approximate surface area is 174 Å². The molecule has 2 N–H and O–H groups in total. The summed E-state index contributed by atoms with van der Waals surface area (Å²) in [6.07, 6.45) is 0.697. The Balaban J connectivity index is 1.46. The maximum absolute atomic E-state index is 12.7. The number of aryl methyl sites for hydroxylation is 2. The average molecular weight is 409 g/mol. The van der Waals surface area contributed by atoms with Crippen molar-refractivity contribution in [3.8, 4) is 5.75 Å². The summed E-state index contributed by atoms with van der Waals surface area (Å²) in [5.74, 6) is 1.16. The molecule has 0 fully saturated rings. The summed E-state index contributed by atoms with van der Waals surface area (Å²) in [5, 5.41) is 6.87. The van der Waals surface area contributed by atoms with E-state index in [1.54, 1.807) is 18.2 Å². The molecular weight excluding hydrogens is 388 g/mol. The molecule has 2 aromatic carbocycles. The monoisotopic (exact) mass is 408 g/mol. The Morgan fingerprint density at radius 2 is 1.79 bits per heavy atom. The molecule has 1 aromatic heterocycles. The zero-order valence-electron chi connectivity index (χ0n) is 16.2. The molecule has 2 heterocycles. The van der Waals surface area contributed by atoms with Crippen molar-refractivity contribution < 1.29 is 9.53 Å². The number of benzene rings is 2. The van der Waals surface area contributed by atoms with Gasteiger partial charge in [-0.25, -0.2) is 9.97 Å². The summed E-state index contributed by atoms with van der Waals surface area (Å²) < 4.78 is 5.65. The Hall–Kier alpha value is -3.12. The minimum Gasteiger partial charge on any atom is -0.493 e. The first-order valence-electron chi connectivity index (χ1n) is 9.40. The summed E-state index contributed by atoms with van der Waals surface area (Å²) in [7, 11) is 0. The highest BCUT2D eigenvalue weighted by Crippen LogP contribution is 2.34. The van der Waals surface area contributed by atoms with Crippen LogP contribution in [0.25, 0.3) is 0 Å². The third-order valence-electron chi connectivity index (χ3n) is 4.70. The van der Waals surface area contributed by atoms with E-state index in [0.29, 0.717) is 29.6 Å². The summed E-state index contributed by atoms with van der Waals surface area (Å²) >= 11 is 6.11. The van der Waals surface area contributed by atoms with Crippen LogP contribution in [0.2, 0.25) is 5.02 Å². The van der Waals surface area contributed by atoms with Gasteiger partial charge in [-0.1, -0.05) is 11.6 Å². The van der Waals surface area contributed by atoms with E-state index < -0.39 is 0 Å². The molecule has 0 radical (unpaired) electrons. The van der Waals surface area contributed by atoms with Crippen LogP contribution in [0.4, 0.5) is 11.6 Å². The molecule has 1 atom stereocenters. The number of nitrogens with one attached hydrogen (secondary N) is 2. The minimum absolute atomic E-state index is 0.133. The Kier molecular flexibility index (Phi) is 5.36. The smallest absolute Gasteiger partial charge is 0.251 e. The third kappa shape index (κ3) is 4.49. The van der Waals surface area contributed by atoms with Gasteiger partial charge in [0.25, 0.3) is 5.91 Å². The molecule has 29 heavy (non-hydrogen) atoms. The topological polar surface area (TPSA) is 76.1 Å². The molecule has 1 aliphatic rings. The van der Waals surface area contributed by atoms with Crippen molar-refractivity contribution in [1.82, 2.24) is 15.3 Å². The van der Waals surface area contributed by atoms with Gasteiger partial charge in [0.15, 0.2) is 0 Å². The van der Waals surface area contributed by atoms with Crippen LogP contribution in [0, 0.1) is 13.8 Å². The van der Waals surface area contributed by atoms with Gasteiger partial charge in [-0.2, -0.15) is 0 Å². The van der Waals surface area contributed by atoms with Gasteiger partial charge in [-0.3, -0.25) is 4.79 Å². The molecule has 1 unspecified atom stereocenters. The highest BCUT2D eigenvalue weighted by atomic mass is 35.5. The predicted molar refractivity (Wildman–Crippen MR) is 113 cm³/mol. The molecule has 0 aliphatic carbocycles. The van der Waals surface area contributed by atoms with E-state index >= 15 is 0 Å². The van der Waals surface area contributed by atoms with Crippen molar-refractivity contribution in [2.24, 2.45) is 0 Å². The van der Waals surface area contributed by atoms with Crippen molar-refractivity contribution in [3.63, 3.8) is 0 Å². The van der Waals surface area contributed by atoms with Crippen LogP contribution in [0.5, 0.6) is 5.75 Å². The van der Waals surface area contributed by atoms with Crippen LogP contribution in [-0.2, 0) is 0 Å². The maximum Gasteiger partial charge on any atom is 0.251 e. The molecule has 0 bridgehead atoms.